The molecule has 3 nitrogen and oxygen atoms in total. The van der Waals surface area contributed by atoms with Gasteiger partial charge in [0.25, 0.3) is 0 Å². The number of carboxylic acid groups (broad SMARTS) is 1. The van der Waals surface area contributed by atoms with Crippen molar-refractivity contribution >= 4 is 17.6 Å². The number of halogens is 1. The van der Waals surface area contributed by atoms with E-state index in [9.17, 15) is 4.79 Å². The van der Waals surface area contributed by atoms with E-state index in [0.29, 0.717) is 17.4 Å². The summed E-state index contributed by atoms with van der Waals surface area (Å²) < 4.78 is 5.60. The van der Waals surface area contributed by atoms with Gasteiger partial charge in [-0.2, -0.15) is 0 Å². The van der Waals surface area contributed by atoms with Crippen molar-refractivity contribution in [2.24, 2.45) is 0 Å². The van der Waals surface area contributed by atoms with Crippen LogP contribution < -0.4 is 4.74 Å². The van der Waals surface area contributed by atoms with Crippen molar-refractivity contribution in [1.29, 1.82) is 0 Å². The molecule has 0 amide bonds. The lowest BCUT2D eigenvalue weighted by atomic mass is 10.1. The van der Waals surface area contributed by atoms with Gasteiger partial charge >= 0.3 is 5.97 Å². The first-order valence-electron chi connectivity index (χ1n) is 5.82. The highest BCUT2D eigenvalue weighted by molar-refractivity contribution is 6.32. The zero-order chi connectivity index (χ0) is 13.7. The Bertz CT molecular complexity index is 564. The molecule has 0 aliphatic carbocycles. The Kier molecular flexibility index (Phi) is 4.42. The van der Waals surface area contributed by atoms with E-state index in [4.69, 9.17) is 21.4 Å². The molecular formula is C15H13ClO3. The van der Waals surface area contributed by atoms with E-state index in [1.54, 1.807) is 24.3 Å². The van der Waals surface area contributed by atoms with Crippen LogP contribution in [0.15, 0.2) is 48.5 Å². The molecule has 2 aromatic rings. The normalized spacial score (nSPS) is 10.2. The molecule has 1 N–H and O–H groups in total. The predicted octanol–water partition coefficient (Wildman–Crippen LogP) is 3.55. The number of hydrogen-bond donors (Lipinski definition) is 1. The predicted molar refractivity (Wildman–Crippen MR) is 73.6 cm³/mol. The van der Waals surface area contributed by atoms with Crippen LogP contribution in [0, 0.1) is 0 Å². The first kappa shape index (κ1) is 13.4. The quantitative estimate of drug-likeness (QED) is 0.908. The summed E-state index contributed by atoms with van der Waals surface area (Å²) in [6.07, 6.45) is 0.0334. The fraction of sp³-hybridized carbons (Fsp3) is 0.133. The summed E-state index contributed by atoms with van der Waals surface area (Å²) in [6.45, 7) is 0.400. The van der Waals surface area contributed by atoms with Crippen LogP contribution >= 0.6 is 11.6 Å². The molecule has 4 heteroatoms. The van der Waals surface area contributed by atoms with Gasteiger partial charge in [0, 0.05) is 0 Å². The van der Waals surface area contributed by atoms with Crippen molar-refractivity contribution in [2.75, 3.05) is 0 Å². The van der Waals surface area contributed by atoms with Crippen molar-refractivity contribution in [2.45, 2.75) is 13.0 Å². The molecular weight excluding hydrogens is 264 g/mol. The lowest BCUT2D eigenvalue weighted by Crippen LogP contribution is -2.01. The van der Waals surface area contributed by atoms with E-state index in [-0.39, 0.29) is 6.42 Å². The molecule has 0 unspecified atom stereocenters. The van der Waals surface area contributed by atoms with Crippen LogP contribution in [0.25, 0.3) is 0 Å². The highest BCUT2D eigenvalue weighted by Crippen LogP contribution is 2.24. The summed E-state index contributed by atoms with van der Waals surface area (Å²) in [6, 6.07) is 14.6. The average Bonchev–Trinajstić information content (AvgIpc) is 2.39. The first-order valence-corrected chi connectivity index (χ1v) is 6.20. The van der Waals surface area contributed by atoms with Gasteiger partial charge in [0.05, 0.1) is 11.4 Å². The van der Waals surface area contributed by atoms with Crippen LogP contribution in [0.3, 0.4) is 0 Å². The van der Waals surface area contributed by atoms with Crippen molar-refractivity contribution in [3.63, 3.8) is 0 Å². The maximum atomic E-state index is 10.6. The van der Waals surface area contributed by atoms with Crippen LogP contribution in [0.1, 0.15) is 11.1 Å². The van der Waals surface area contributed by atoms with Crippen molar-refractivity contribution < 1.29 is 14.6 Å². The SMILES string of the molecule is O=C(O)Cc1ccc(COc2ccccc2Cl)cc1. The van der Waals surface area contributed by atoms with Crippen LogP contribution in [-0.4, -0.2) is 11.1 Å². The second-order valence-corrected chi connectivity index (χ2v) is 4.51. The third-order valence-electron chi connectivity index (χ3n) is 2.61. The second-order valence-electron chi connectivity index (χ2n) is 4.11. The summed E-state index contributed by atoms with van der Waals surface area (Å²) in [5, 5.41) is 9.25. The summed E-state index contributed by atoms with van der Waals surface area (Å²) >= 11 is 5.98. The number of carboxylic acids is 1. The number of benzene rings is 2. The summed E-state index contributed by atoms with van der Waals surface area (Å²) in [5.41, 5.74) is 1.74. The molecule has 2 aromatic carbocycles. The number of hydrogen-bond acceptors (Lipinski definition) is 2. The maximum absolute atomic E-state index is 10.6. The van der Waals surface area contributed by atoms with E-state index in [1.807, 2.05) is 24.3 Å². The maximum Gasteiger partial charge on any atom is 0.307 e. The third-order valence-corrected chi connectivity index (χ3v) is 2.92. The Balaban J connectivity index is 1.97. The Hall–Kier alpha value is -2.00. The standard InChI is InChI=1S/C15H13ClO3/c16-13-3-1-2-4-14(13)19-10-12-7-5-11(6-8-12)9-15(17)18/h1-8H,9-10H2,(H,17,18). The Labute approximate surface area is 116 Å². The van der Waals surface area contributed by atoms with E-state index >= 15 is 0 Å². The van der Waals surface area contributed by atoms with Crippen molar-refractivity contribution in [3.05, 3.63) is 64.7 Å². The molecule has 0 fully saturated rings. The monoisotopic (exact) mass is 276 g/mol. The van der Waals surface area contributed by atoms with Crippen LogP contribution in [0.5, 0.6) is 5.75 Å². The highest BCUT2D eigenvalue weighted by Gasteiger charge is 2.02. The van der Waals surface area contributed by atoms with Crippen LogP contribution in [-0.2, 0) is 17.8 Å². The average molecular weight is 277 g/mol. The van der Waals surface area contributed by atoms with E-state index in [2.05, 4.69) is 0 Å². The minimum atomic E-state index is -0.833. The Morgan fingerprint density at radius 1 is 1.05 bits per heavy atom. The fourth-order valence-corrected chi connectivity index (χ4v) is 1.84. The van der Waals surface area contributed by atoms with Gasteiger partial charge in [0.1, 0.15) is 12.4 Å². The number of ether oxygens (including phenoxy) is 1. The fourth-order valence-electron chi connectivity index (χ4n) is 1.65. The zero-order valence-electron chi connectivity index (χ0n) is 10.2. The lowest BCUT2D eigenvalue weighted by Gasteiger charge is -2.08. The largest absolute Gasteiger partial charge is 0.487 e. The molecule has 2 rings (SSSR count). The molecule has 98 valence electrons. The van der Waals surface area contributed by atoms with Crippen molar-refractivity contribution in [1.82, 2.24) is 0 Å². The minimum absolute atomic E-state index is 0.0334. The molecule has 0 heterocycles. The van der Waals surface area contributed by atoms with Gasteiger partial charge in [-0.15, -0.1) is 0 Å². The number of rotatable bonds is 5. The van der Waals surface area contributed by atoms with Crippen LogP contribution in [0.4, 0.5) is 0 Å². The van der Waals surface area contributed by atoms with Gasteiger partial charge < -0.3 is 9.84 Å². The topological polar surface area (TPSA) is 46.5 Å². The van der Waals surface area contributed by atoms with Gasteiger partial charge in [-0.3, -0.25) is 4.79 Å². The van der Waals surface area contributed by atoms with Gasteiger partial charge in [-0.1, -0.05) is 48.0 Å². The lowest BCUT2D eigenvalue weighted by molar-refractivity contribution is -0.136. The van der Waals surface area contributed by atoms with Gasteiger partial charge in [-0.05, 0) is 23.3 Å². The molecule has 0 aliphatic rings. The first-order chi connectivity index (χ1) is 9.15. The highest BCUT2D eigenvalue weighted by atomic mass is 35.5. The Morgan fingerprint density at radius 2 is 1.68 bits per heavy atom. The molecule has 0 radical (unpaired) electrons. The number of aliphatic carboxylic acids is 1. The van der Waals surface area contributed by atoms with E-state index in [0.717, 1.165) is 11.1 Å². The smallest absolute Gasteiger partial charge is 0.307 e. The third kappa shape index (κ3) is 4.00. The zero-order valence-corrected chi connectivity index (χ0v) is 10.9. The molecule has 0 atom stereocenters. The molecule has 0 saturated carbocycles. The molecule has 0 aromatic heterocycles. The minimum Gasteiger partial charge on any atom is -0.487 e. The molecule has 0 saturated heterocycles. The van der Waals surface area contributed by atoms with Gasteiger partial charge in [-0.25, -0.2) is 0 Å². The molecule has 0 bridgehead atoms. The summed E-state index contributed by atoms with van der Waals surface area (Å²) in [4.78, 5) is 10.6. The summed E-state index contributed by atoms with van der Waals surface area (Å²) in [5.74, 6) is -0.196. The molecule has 19 heavy (non-hydrogen) atoms. The van der Waals surface area contributed by atoms with E-state index < -0.39 is 5.97 Å². The van der Waals surface area contributed by atoms with Crippen LogP contribution in [0.2, 0.25) is 5.02 Å². The second kappa shape index (κ2) is 6.25. The number of para-hydroxylation sites is 1. The van der Waals surface area contributed by atoms with Crippen molar-refractivity contribution in [3.8, 4) is 5.75 Å². The van der Waals surface area contributed by atoms with E-state index in [1.165, 1.54) is 0 Å². The molecule has 0 spiro atoms. The number of carbonyl (C=O) groups is 1. The molecule has 0 aliphatic heterocycles. The van der Waals surface area contributed by atoms with Gasteiger partial charge in [0.15, 0.2) is 0 Å². The Morgan fingerprint density at radius 3 is 2.32 bits per heavy atom. The van der Waals surface area contributed by atoms with Gasteiger partial charge in [0.2, 0.25) is 0 Å². The summed E-state index contributed by atoms with van der Waals surface area (Å²) in [7, 11) is 0.